The van der Waals surface area contributed by atoms with Crippen molar-refractivity contribution in [2.45, 2.75) is 44.4 Å². The Labute approximate surface area is 115 Å². The smallest absolute Gasteiger partial charge is 0.0611 e. The normalized spacial score (nSPS) is 43.6. The number of aliphatic hydroxyl groups is 1. The van der Waals surface area contributed by atoms with Crippen LogP contribution in [0.4, 0.5) is 0 Å². The van der Waals surface area contributed by atoms with Crippen LogP contribution < -0.4 is 5.32 Å². The fourth-order valence-electron chi connectivity index (χ4n) is 5.03. The Morgan fingerprint density at radius 2 is 1.79 bits per heavy atom. The lowest BCUT2D eigenvalue weighted by atomic mass is 9.53. The molecule has 4 aliphatic carbocycles. The highest BCUT2D eigenvalue weighted by atomic mass is 16.3. The molecular weight excluding hydrogens is 234 g/mol. The summed E-state index contributed by atoms with van der Waals surface area (Å²) in [5, 5.41) is 14.2. The highest BCUT2D eigenvalue weighted by Gasteiger charge is 2.52. The van der Waals surface area contributed by atoms with E-state index in [2.05, 4.69) is 35.6 Å². The summed E-state index contributed by atoms with van der Waals surface area (Å²) in [5.74, 6) is 2.85. The van der Waals surface area contributed by atoms with Gasteiger partial charge in [-0.3, -0.25) is 0 Å². The predicted octanol–water partition coefficient (Wildman–Crippen LogP) is 2.57. The summed E-state index contributed by atoms with van der Waals surface area (Å²) in [6, 6.07) is 11.2. The van der Waals surface area contributed by atoms with Crippen molar-refractivity contribution in [3.8, 4) is 0 Å². The summed E-state index contributed by atoms with van der Waals surface area (Å²) >= 11 is 0. The maximum Gasteiger partial charge on any atom is 0.0611 e. The first-order valence-electron chi connectivity index (χ1n) is 7.76. The summed E-state index contributed by atoms with van der Waals surface area (Å²) < 4.78 is 0. The van der Waals surface area contributed by atoms with Gasteiger partial charge in [-0.25, -0.2) is 0 Å². The molecule has 19 heavy (non-hydrogen) atoms. The van der Waals surface area contributed by atoms with E-state index in [-0.39, 0.29) is 6.10 Å². The van der Waals surface area contributed by atoms with Crippen LogP contribution in [0.2, 0.25) is 0 Å². The van der Waals surface area contributed by atoms with Crippen LogP contribution in [-0.4, -0.2) is 17.3 Å². The van der Waals surface area contributed by atoms with Crippen LogP contribution in [-0.2, 0) is 6.54 Å². The topological polar surface area (TPSA) is 32.3 Å². The molecule has 0 aromatic heterocycles. The number of nitrogens with one attached hydrogen (secondary N) is 1. The van der Waals surface area contributed by atoms with E-state index < -0.39 is 0 Å². The minimum absolute atomic E-state index is 0.0407. The minimum Gasteiger partial charge on any atom is -0.392 e. The molecule has 4 fully saturated rings. The van der Waals surface area contributed by atoms with Crippen LogP contribution in [0.5, 0.6) is 0 Å². The molecule has 6 atom stereocenters. The van der Waals surface area contributed by atoms with E-state index in [0.717, 1.165) is 18.4 Å². The second-order valence-corrected chi connectivity index (χ2v) is 6.88. The second-order valence-electron chi connectivity index (χ2n) is 6.88. The van der Waals surface area contributed by atoms with Gasteiger partial charge in [0.1, 0.15) is 0 Å². The van der Waals surface area contributed by atoms with E-state index in [4.69, 9.17) is 0 Å². The molecule has 2 N–H and O–H groups in total. The summed E-state index contributed by atoms with van der Waals surface area (Å²) in [6.45, 7) is 0.945. The van der Waals surface area contributed by atoms with E-state index in [1.54, 1.807) is 0 Å². The first-order valence-corrected chi connectivity index (χ1v) is 7.76. The van der Waals surface area contributed by atoms with Gasteiger partial charge >= 0.3 is 0 Å². The fourth-order valence-corrected chi connectivity index (χ4v) is 5.03. The molecule has 1 unspecified atom stereocenters. The largest absolute Gasteiger partial charge is 0.392 e. The van der Waals surface area contributed by atoms with Crippen molar-refractivity contribution in [1.29, 1.82) is 0 Å². The molecule has 0 spiro atoms. The van der Waals surface area contributed by atoms with Crippen LogP contribution >= 0.6 is 0 Å². The monoisotopic (exact) mass is 257 g/mol. The van der Waals surface area contributed by atoms with Crippen LogP contribution in [0.25, 0.3) is 0 Å². The Morgan fingerprint density at radius 3 is 2.63 bits per heavy atom. The molecule has 5 rings (SSSR count). The zero-order valence-corrected chi connectivity index (χ0v) is 11.3. The molecule has 4 saturated carbocycles. The second kappa shape index (κ2) is 4.60. The lowest BCUT2D eigenvalue weighted by Crippen LogP contribution is -2.60. The molecule has 2 nitrogen and oxygen atoms in total. The molecule has 2 heteroatoms. The quantitative estimate of drug-likeness (QED) is 0.872. The van der Waals surface area contributed by atoms with Crippen LogP contribution in [0.3, 0.4) is 0 Å². The van der Waals surface area contributed by atoms with Gasteiger partial charge in [-0.2, -0.15) is 0 Å². The standard InChI is InChI=1S/C17H23NO/c19-17-14-7-12-6-13(9-14)16(15(17)8-12)18-10-11-4-2-1-3-5-11/h1-5,12-19H,6-10H2/t12?,13-,14+,15-,16+,17-/m1/s1. The van der Waals surface area contributed by atoms with Crippen molar-refractivity contribution in [3.63, 3.8) is 0 Å². The van der Waals surface area contributed by atoms with E-state index in [1.165, 1.54) is 31.2 Å². The number of aliphatic hydroxyl groups excluding tert-OH is 1. The van der Waals surface area contributed by atoms with Crippen molar-refractivity contribution in [1.82, 2.24) is 5.32 Å². The van der Waals surface area contributed by atoms with Gasteiger partial charge in [-0.05, 0) is 49.0 Å². The van der Waals surface area contributed by atoms with Gasteiger partial charge in [-0.1, -0.05) is 30.3 Å². The van der Waals surface area contributed by atoms with Gasteiger partial charge < -0.3 is 10.4 Å². The van der Waals surface area contributed by atoms with Gasteiger partial charge in [0.15, 0.2) is 0 Å². The van der Waals surface area contributed by atoms with E-state index in [0.29, 0.717) is 17.9 Å². The Kier molecular flexibility index (Phi) is 2.89. The van der Waals surface area contributed by atoms with Crippen molar-refractivity contribution >= 4 is 0 Å². The Morgan fingerprint density at radius 1 is 1.00 bits per heavy atom. The third kappa shape index (κ3) is 2.02. The maximum absolute atomic E-state index is 10.5. The third-order valence-electron chi connectivity index (χ3n) is 5.76. The molecule has 4 aliphatic rings. The lowest BCUT2D eigenvalue weighted by molar-refractivity contribution is -0.112. The number of hydrogen-bond donors (Lipinski definition) is 2. The summed E-state index contributed by atoms with van der Waals surface area (Å²) in [7, 11) is 0. The first kappa shape index (κ1) is 11.9. The molecule has 0 aliphatic heterocycles. The molecule has 0 heterocycles. The lowest BCUT2D eigenvalue weighted by Gasteiger charge is -2.57. The van der Waals surface area contributed by atoms with Crippen molar-refractivity contribution in [2.24, 2.45) is 23.7 Å². The Hall–Kier alpha value is -0.860. The average Bonchev–Trinajstić information content (AvgIpc) is 2.44. The molecular formula is C17H23NO. The maximum atomic E-state index is 10.5. The Bertz CT molecular complexity index is 446. The molecule has 1 aromatic carbocycles. The minimum atomic E-state index is -0.0407. The zero-order valence-electron chi connectivity index (χ0n) is 11.3. The molecule has 0 amide bonds. The first-order chi connectivity index (χ1) is 9.31. The van der Waals surface area contributed by atoms with Gasteiger partial charge in [0.25, 0.3) is 0 Å². The van der Waals surface area contributed by atoms with E-state index in [9.17, 15) is 5.11 Å². The van der Waals surface area contributed by atoms with E-state index in [1.807, 2.05) is 0 Å². The molecule has 1 aromatic rings. The summed E-state index contributed by atoms with van der Waals surface area (Å²) in [5.41, 5.74) is 1.35. The third-order valence-corrected chi connectivity index (χ3v) is 5.76. The number of benzene rings is 1. The van der Waals surface area contributed by atoms with Crippen LogP contribution in [0.1, 0.15) is 31.2 Å². The highest BCUT2D eigenvalue weighted by Crippen LogP contribution is 2.53. The molecule has 0 radical (unpaired) electrons. The van der Waals surface area contributed by atoms with Gasteiger partial charge in [0.05, 0.1) is 6.10 Å². The molecule has 102 valence electrons. The molecule has 4 bridgehead atoms. The van der Waals surface area contributed by atoms with Crippen molar-refractivity contribution in [3.05, 3.63) is 35.9 Å². The van der Waals surface area contributed by atoms with Crippen LogP contribution in [0, 0.1) is 23.7 Å². The van der Waals surface area contributed by atoms with Gasteiger partial charge in [-0.15, -0.1) is 0 Å². The fraction of sp³-hybridized carbons (Fsp3) is 0.647. The van der Waals surface area contributed by atoms with Crippen molar-refractivity contribution in [2.75, 3.05) is 0 Å². The number of hydrogen-bond acceptors (Lipinski definition) is 2. The zero-order chi connectivity index (χ0) is 12.8. The highest BCUT2D eigenvalue weighted by molar-refractivity contribution is 5.15. The van der Waals surface area contributed by atoms with E-state index >= 15 is 0 Å². The average molecular weight is 257 g/mol. The van der Waals surface area contributed by atoms with Gasteiger partial charge in [0, 0.05) is 18.5 Å². The van der Waals surface area contributed by atoms with Gasteiger partial charge in [0.2, 0.25) is 0 Å². The predicted molar refractivity (Wildman–Crippen MR) is 75.5 cm³/mol. The SMILES string of the molecule is O[C@@H]1[C@H]2CC3C[C@H](C2)[C@H](NCc2ccccc2)[C@H]1C3. The molecule has 0 saturated heterocycles. The summed E-state index contributed by atoms with van der Waals surface area (Å²) in [4.78, 5) is 0. The van der Waals surface area contributed by atoms with Crippen LogP contribution in [0.15, 0.2) is 30.3 Å². The number of rotatable bonds is 3. The Balaban J connectivity index is 1.47. The van der Waals surface area contributed by atoms with Crippen molar-refractivity contribution < 1.29 is 5.11 Å². The summed E-state index contributed by atoms with van der Waals surface area (Å²) in [6.07, 6.45) is 5.15.